The number of benzene rings is 1. The minimum Gasteiger partial charge on any atom is -0.273 e. The molecule has 1 saturated heterocycles. The maximum atomic E-state index is 11.9. The molecule has 5 nitrogen and oxygen atoms in total. The highest BCUT2D eigenvalue weighted by atomic mass is 79.9. The molecule has 0 bridgehead atoms. The highest BCUT2D eigenvalue weighted by Crippen LogP contribution is 2.18. The van der Waals surface area contributed by atoms with E-state index in [1.807, 2.05) is 31.2 Å². The van der Waals surface area contributed by atoms with Crippen molar-refractivity contribution < 1.29 is 13.2 Å². The predicted octanol–water partition coefficient (Wildman–Crippen LogP) is 2.11. The number of carbonyl (C=O) groups is 1. The smallest absolute Gasteiger partial charge is 0.244 e. The third kappa shape index (κ3) is 4.38. The first-order valence-electron chi connectivity index (χ1n) is 6.74. The first-order chi connectivity index (χ1) is 9.91. The maximum absolute atomic E-state index is 11.9. The Morgan fingerprint density at radius 1 is 1.38 bits per heavy atom. The van der Waals surface area contributed by atoms with Gasteiger partial charge in [-0.25, -0.2) is 13.8 Å². The maximum Gasteiger partial charge on any atom is 0.244 e. The van der Waals surface area contributed by atoms with Gasteiger partial charge >= 0.3 is 0 Å². The molecule has 0 spiro atoms. The number of hydrogen-bond acceptors (Lipinski definition) is 4. The normalized spacial score (nSPS) is 21.2. The highest BCUT2D eigenvalue weighted by molar-refractivity contribution is 9.10. The van der Waals surface area contributed by atoms with Gasteiger partial charge in [-0.2, -0.15) is 5.10 Å². The predicted molar refractivity (Wildman–Crippen MR) is 85.9 cm³/mol. The summed E-state index contributed by atoms with van der Waals surface area (Å²) in [6.45, 7) is 1.95. The fraction of sp³-hybridized carbons (Fsp3) is 0.429. The van der Waals surface area contributed by atoms with E-state index in [1.165, 1.54) is 0 Å². The molecule has 0 aliphatic carbocycles. The topological polar surface area (TPSA) is 75.6 Å². The first-order valence-corrected chi connectivity index (χ1v) is 9.35. The van der Waals surface area contributed by atoms with Crippen LogP contribution < -0.4 is 5.43 Å². The molecule has 21 heavy (non-hydrogen) atoms. The lowest BCUT2D eigenvalue weighted by atomic mass is 10.1. The molecule has 0 unspecified atom stereocenters. The van der Waals surface area contributed by atoms with Crippen LogP contribution in [0, 0.1) is 5.92 Å². The Morgan fingerprint density at radius 3 is 2.57 bits per heavy atom. The molecule has 1 aliphatic rings. The first kappa shape index (κ1) is 16.2. The fourth-order valence-corrected chi connectivity index (χ4v) is 4.21. The molecule has 0 aromatic heterocycles. The van der Waals surface area contributed by atoms with Crippen LogP contribution in [-0.2, 0) is 14.6 Å². The van der Waals surface area contributed by atoms with E-state index in [4.69, 9.17) is 0 Å². The van der Waals surface area contributed by atoms with Gasteiger partial charge in [0.2, 0.25) is 5.91 Å². The Kier molecular flexibility index (Phi) is 5.16. The van der Waals surface area contributed by atoms with Gasteiger partial charge in [0.15, 0.2) is 9.84 Å². The van der Waals surface area contributed by atoms with Crippen molar-refractivity contribution in [1.82, 2.24) is 5.43 Å². The number of rotatable bonds is 4. The second-order valence-corrected chi connectivity index (χ2v) is 8.14. The van der Waals surface area contributed by atoms with E-state index < -0.39 is 15.8 Å². The lowest BCUT2D eigenvalue weighted by Gasteiger charge is -2.08. The van der Waals surface area contributed by atoms with Crippen molar-refractivity contribution in [3.63, 3.8) is 0 Å². The van der Waals surface area contributed by atoms with E-state index in [9.17, 15) is 13.2 Å². The van der Waals surface area contributed by atoms with Crippen LogP contribution in [0.1, 0.15) is 25.3 Å². The van der Waals surface area contributed by atoms with Crippen molar-refractivity contribution in [1.29, 1.82) is 0 Å². The van der Waals surface area contributed by atoms with Gasteiger partial charge in [-0.05, 0) is 30.5 Å². The zero-order valence-electron chi connectivity index (χ0n) is 11.7. The molecule has 1 heterocycles. The summed E-state index contributed by atoms with van der Waals surface area (Å²) in [4.78, 5) is 11.9. The Balaban J connectivity index is 2.04. The molecule has 0 radical (unpaired) electrons. The van der Waals surface area contributed by atoms with Gasteiger partial charge in [-0.3, -0.25) is 4.79 Å². The van der Waals surface area contributed by atoms with Crippen LogP contribution >= 0.6 is 15.9 Å². The van der Waals surface area contributed by atoms with Crippen molar-refractivity contribution in [2.75, 3.05) is 11.5 Å². The molecule has 0 saturated carbocycles. The Morgan fingerprint density at radius 2 is 2.05 bits per heavy atom. The Hall–Kier alpha value is -1.21. The van der Waals surface area contributed by atoms with Crippen molar-refractivity contribution in [3.8, 4) is 0 Å². The summed E-state index contributed by atoms with van der Waals surface area (Å²) in [5.41, 5.74) is 4.19. The lowest BCUT2D eigenvalue weighted by molar-refractivity contribution is -0.124. The number of halogens is 1. The number of nitrogens with one attached hydrogen (secondary N) is 1. The monoisotopic (exact) mass is 372 g/mol. The van der Waals surface area contributed by atoms with E-state index >= 15 is 0 Å². The molecule has 1 aromatic rings. The van der Waals surface area contributed by atoms with Gasteiger partial charge in [-0.15, -0.1) is 0 Å². The SMILES string of the molecule is CC/C(=N/NC(=O)[C@@H]1CCS(=O)(=O)C1)c1ccc(Br)cc1. The summed E-state index contributed by atoms with van der Waals surface area (Å²) in [5, 5.41) is 4.14. The van der Waals surface area contributed by atoms with Gasteiger partial charge < -0.3 is 0 Å². The quantitative estimate of drug-likeness (QED) is 0.649. The standard InChI is InChI=1S/C14H17BrN2O3S/c1-2-13(10-3-5-12(15)6-4-10)16-17-14(18)11-7-8-21(19,20)9-11/h3-6,11H,2,7-9H2,1H3,(H,17,18)/b16-13-/t11-/m1/s1. The van der Waals surface area contributed by atoms with Crippen LogP contribution in [-0.4, -0.2) is 31.5 Å². The van der Waals surface area contributed by atoms with Crippen molar-refractivity contribution >= 4 is 37.4 Å². The number of amides is 1. The van der Waals surface area contributed by atoms with Gasteiger partial charge in [-0.1, -0.05) is 35.0 Å². The molecule has 1 amide bonds. The minimum absolute atomic E-state index is 0.0753. The minimum atomic E-state index is -3.06. The average Bonchev–Trinajstić information content (AvgIpc) is 2.81. The van der Waals surface area contributed by atoms with E-state index in [0.29, 0.717) is 12.8 Å². The lowest BCUT2D eigenvalue weighted by Crippen LogP contribution is -2.28. The zero-order valence-corrected chi connectivity index (χ0v) is 14.1. The van der Waals surface area contributed by atoms with Crippen LogP contribution in [0.25, 0.3) is 0 Å². The third-order valence-electron chi connectivity index (χ3n) is 3.42. The van der Waals surface area contributed by atoms with E-state index in [-0.39, 0.29) is 17.4 Å². The molecule has 7 heteroatoms. The third-order valence-corrected chi connectivity index (χ3v) is 5.71. The van der Waals surface area contributed by atoms with E-state index in [0.717, 1.165) is 15.7 Å². The van der Waals surface area contributed by atoms with Crippen molar-refractivity contribution in [2.45, 2.75) is 19.8 Å². The number of hydrazone groups is 1. The Bertz CT molecular complexity index is 653. The van der Waals surface area contributed by atoms with Crippen molar-refractivity contribution in [2.24, 2.45) is 11.0 Å². The summed E-state index contributed by atoms with van der Waals surface area (Å²) in [5.74, 6) is -0.795. The fourth-order valence-electron chi connectivity index (χ4n) is 2.21. The zero-order chi connectivity index (χ0) is 15.5. The summed E-state index contributed by atoms with van der Waals surface area (Å²) >= 11 is 3.37. The number of hydrogen-bond donors (Lipinski definition) is 1. The molecule has 1 aromatic carbocycles. The van der Waals surface area contributed by atoms with Crippen LogP contribution in [0.4, 0.5) is 0 Å². The van der Waals surface area contributed by atoms with Gasteiger partial charge in [0.05, 0.1) is 23.1 Å². The summed E-state index contributed by atoms with van der Waals surface area (Å²) < 4.78 is 23.7. The summed E-state index contributed by atoms with van der Waals surface area (Å²) in [6.07, 6.45) is 1.05. The molecular weight excluding hydrogens is 356 g/mol. The van der Waals surface area contributed by atoms with Crippen LogP contribution in [0.3, 0.4) is 0 Å². The van der Waals surface area contributed by atoms with E-state index in [2.05, 4.69) is 26.5 Å². The largest absolute Gasteiger partial charge is 0.273 e. The number of nitrogens with zero attached hydrogens (tertiary/aromatic N) is 1. The second kappa shape index (κ2) is 6.70. The van der Waals surface area contributed by atoms with Crippen LogP contribution in [0.5, 0.6) is 0 Å². The van der Waals surface area contributed by atoms with Crippen LogP contribution in [0.2, 0.25) is 0 Å². The van der Waals surface area contributed by atoms with Crippen LogP contribution in [0.15, 0.2) is 33.8 Å². The molecule has 1 aliphatic heterocycles. The second-order valence-electron chi connectivity index (χ2n) is 4.99. The van der Waals surface area contributed by atoms with Gasteiger partial charge in [0, 0.05) is 4.47 Å². The Labute approximate surface area is 132 Å². The molecule has 2 rings (SSSR count). The molecule has 114 valence electrons. The molecule has 1 N–H and O–H groups in total. The highest BCUT2D eigenvalue weighted by Gasteiger charge is 2.32. The molecular formula is C14H17BrN2O3S. The summed E-state index contributed by atoms with van der Waals surface area (Å²) in [6, 6.07) is 7.65. The van der Waals surface area contributed by atoms with Gasteiger partial charge in [0.25, 0.3) is 0 Å². The number of sulfone groups is 1. The van der Waals surface area contributed by atoms with Crippen molar-refractivity contribution in [3.05, 3.63) is 34.3 Å². The molecule has 1 fully saturated rings. The summed E-state index contributed by atoms with van der Waals surface area (Å²) in [7, 11) is -3.06. The molecule has 1 atom stereocenters. The van der Waals surface area contributed by atoms with E-state index in [1.54, 1.807) is 0 Å². The van der Waals surface area contributed by atoms with Gasteiger partial charge in [0.1, 0.15) is 0 Å². The number of carbonyl (C=O) groups excluding carboxylic acids is 1. The average molecular weight is 373 g/mol.